The number of nitriles is 1. The van der Waals surface area contributed by atoms with Crippen molar-refractivity contribution in [2.24, 2.45) is 0 Å². The van der Waals surface area contributed by atoms with Crippen molar-refractivity contribution in [2.45, 2.75) is 19.5 Å². The van der Waals surface area contributed by atoms with Crippen LogP contribution in [0.3, 0.4) is 0 Å². The van der Waals surface area contributed by atoms with Gasteiger partial charge in [-0.3, -0.25) is 9.59 Å². The smallest absolute Gasteiger partial charge is 0.287 e. The average Bonchev–Trinajstić information content (AvgIpc) is 3.12. The van der Waals surface area contributed by atoms with Crippen molar-refractivity contribution in [3.05, 3.63) is 93.8 Å². The number of benzene rings is 1. The third-order valence-electron chi connectivity index (χ3n) is 4.00. The van der Waals surface area contributed by atoms with Crippen LogP contribution in [0.4, 0.5) is 0 Å². The maximum Gasteiger partial charge on any atom is 0.287 e. The summed E-state index contributed by atoms with van der Waals surface area (Å²) in [5.74, 6) is 0.368. The lowest BCUT2D eigenvalue weighted by Crippen LogP contribution is -2.26. The second kappa shape index (κ2) is 7.53. The molecular formula is C20H17N3O3. The number of nitrogens with zero attached hydrogens (tertiary/aromatic N) is 2. The standard InChI is InChI=1S/C20H17N3O3/c1-14(16-7-5-15(12-21)6-8-16)22-20(25)18-10-9-17(26-18)13-23-11-3-2-4-19(23)24/h2-11,14H,13H2,1H3,(H,22,25). The fourth-order valence-corrected chi connectivity index (χ4v) is 2.54. The van der Waals surface area contributed by atoms with Crippen LogP contribution in [0.25, 0.3) is 0 Å². The maximum atomic E-state index is 12.4. The number of rotatable bonds is 5. The molecule has 0 bridgehead atoms. The monoisotopic (exact) mass is 347 g/mol. The van der Waals surface area contributed by atoms with Crippen LogP contribution in [0.15, 0.2) is 70.0 Å². The second-order valence-electron chi connectivity index (χ2n) is 5.86. The van der Waals surface area contributed by atoms with Gasteiger partial charge in [0.1, 0.15) is 5.76 Å². The summed E-state index contributed by atoms with van der Waals surface area (Å²) in [6.45, 7) is 2.12. The molecule has 0 radical (unpaired) electrons. The quantitative estimate of drug-likeness (QED) is 0.769. The molecule has 1 amide bonds. The molecule has 1 unspecified atom stereocenters. The number of nitrogens with one attached hydrogen (secondary N) is 1. The van der Waals surface area contributed by atoms with Crippen LogP contribution in [-0.2, 0) is 6.54 Å². The van der Waals surface area contributed by atoms with E-state index in [9.17, 15) is 9.59 Å². The summed E-state index contributed by atoms with van der Waals surface area (Å²) in [4.78, 5) is 24.1. The van der Waals surface area contributed by atoms with Gasteiger partial charge in [0.15, 0.2) is 5.76 Å². The van der Waals surface area contributed by atoms with Crippen LogP contribution in [0.1, 0.15) is 40.4 Å². The third-order valence-corrected chi connectivity index (χ3v) is 4.00. The predicted octanol–water partition coefficient (Wildman–Crippen LogP) is 2.85. The highest BCUT2D eigenvalue weighted by atomic mass is 16.4. The third kappa shape index (κ3) is 3.90. The molecule has 0 aliphatic carbocycles. The second-order valence-corrected chi connectivity index (χ2v) is 5.86. The van der Waals surface area contributed by atoms with Gasteiger partial charge in [-0.15, -0.1) is 0 Å². The number of furan rings is 1. The molecule has 2 heterocycles. The topological polar surface area (TPSA) is 88.0 Å². The maximum absolute atomic E-state index is 12.4. The van der Waals surface area contributed by atoms with E-state index >= 15 is 0 Å². The number of aromatic nitrogens is 1. The first-order valence-electron chi connectivity index (χ1n) is 8.12. The first-order valence-corrected chi connectivity index (χ1v) is 8.12. The lowest BCUT2D eigenvalue weighted by molar-refractivity contribution is 0.0910. The number of hydrogen-bond acceptors (Lipinski definition) is 4. The summed E-state index contributed by atoms with van der Waals surface area (Å²) < 4.78 is 7.06. The van der Waals surface area contributed by atoms with Gasteiger partial charge in [0.05, 0.1) is 24.2 Å². The van der Waals surface area contributed by atoms with Crippen molar-refractivity contribution in [2.75, 3.05) is 0 Å². The lowest BCUT2D eigenvalue weighted by Gasteiger charge is -2.13. The van der Waals surface area contributed by atoms with Crippen molar-refractivity contribution in [1.82, 2.24) is 9.88 Å². The molecule has 130 valence electrons. The summed E-state index contributed by atoms with van der Waals surface area (Å²) in [6.07, 6.45) is 1.66. The summed E-state index contributed by atoms with van der Waals surface area (Å²) in [5.41, 5.74) is 1.32. The van der Waals surface area contributed by atoms with Crippen LogP contribution in [0.2, 0.25) is 0 Å². The normalized spacial score (nSPS) is 11.5. The molecule has 0 aliphatic rings. The average molecular weight is 347 g/mol. The Morgan fingerprint density at radius 1 is 1.19 bits per heavy atom. The van der Waals surface area contributed by atoms with E-state index in [1.165, 1.54) is 10.6 Å². The Kier molecular flexibility index (Phi) is 4.99. The SMILES string of the molecule is CC(NC(=O)c1ccc(Cn2ccccc2=O)o1)c1ccc(C#N)cc1. The summed E-state index contributed by atoms with van der Waals surface area (Å²) in [5, 5.41) is 11.7. The molecule has 6 heteroatoms. The Morgan fingerprint density at radius 3 is 2.65 bits per heavy atom. The Labute approximate surface area is 150 Å². The largest absolute Gasteiger partial charge is 0.454 e. The van der Waals surface area contributed by atoms with E-state index in [-0.39, 0.29) is 29.8 Å². The fourth-order valence-electron chi connectivity index (χ4n) is 2.54. The van der Waals surface area contributed by atoms with E-state index in [1.54, 1.807) is 54.7 Å². The first kappa shape index (κ1) is 17.2. The van der Waals surface area contributed by atoms with Crippen LogP contribution >= 0.6 is 0 Å². The highest BCUT2D eigenvalue weighted by Crippen LogP contribution is 2.15. The van der Waals surface area contributed by atoms with E-state index in [0.29, 0.717) is 11.3 Å². The Morgan fingerprint density at radius 2 is 1.96 bits per heavy atom. The minimum atomic E-state index is -0.339. The molecule has 0 fully saturated rings. The van der Waals surface area contributed by atoms with Crippen molar-refractivity contribution >= 4 is 5.91 Å². The molecule has 26 heavy (non-hydrogen) atoms. The van der Waals surface area contributed by atoms with Crippen molar-refractivity contribution in [3.8, 4) is 6.07 Å². The van der Waals surface area contributed by atoms with Gasteiger partial charge in [0, 0.05) is 12.3 Å². The van der Waals surface area contributed by atoms with Crippen LogP contribution in [0.5, 0.6) is 0 Å². The predicted molar refractivity (Wildman–Crippen MR) is 95.6 cm³/mol. The van der Waals surface area contributed by atoms with Gasteiger partial charge in [-0.2, -0.15) is 5.26 Å². The summed E-state index contributed by atoms with van der Waals surface area (Å²) >= 11 is 0. The molecule has 1 aromatic carbocycles. The van der Waals surface area contributed by atoms with Crippen molar-refractivity contribution < 1.29 is 9.21 Å². The van der Waals surface area contributed by atoms with Gasteiger partial charge in [0.25, 0.3) is 11.5 Å². The molecule has 3 rings (SSSR count). The molecule has 3 aromatic rings. The molecule has 0 saturated carbocycles. The molecular weight excluding hydrogens is 330 g/mol. The Bertz CT molecular complexity index is 1010. The van der Waals surface area contributed by atoms with Crippen LogP contribution in [-0.4, -0.2) is 10.5 Å². The molecule has 0 spiro atoms. The van der Waals surface area contributed by atoms with Crippen molar-refractivity contribution in [1.29, 1.82) is 5.26 Å². The van der Waals surface area contributed by atoms with E-state index in [1.807, 2.05) is 6.92 Å². The van der Waals surface area contributed by atoms with E-state index in [0.717, 1.165) is 5.56 Å². The van der Waals surface area contributed by atoms with Gasteiger partial charge in [-0.05, 0) is 42.8 Å². The van der Waals surface area contributed by atoms with Gasteiger partial charge in [0.2, 0.25) is 0 Å². The Hall–Kier alpha value is -3.59. The molecule has 0 aliphatic heterocycles. The molecule has 1 N–H and O–H groups in total. The summed E-state index contributed by atoms with van der Waals surface area (Å²) in [7, 11) is 0. The minimum absolute atomic E-state index is 0.135. The van der Waals surface area contributed by atoms with Gasteiger partial charge >= 0.3 is 0 Å². The number of carbonyl (C=O) groups excluding carboxylic acids is 1. The molecule has 0 saturated heterocycles. The van der Waals surface area contributed by atoms with E-state index in [4.69, 9.17) is 9.68 Å². The van der Waals surface area contributed by atoms with Crippen molar-refractivity contribution in [3.63, 3.8) is 0 Å². The number of hydrogen-bond donors (Lipinski definition) is 1. The molecule has 1 atom stereocenters. The zero-order chi connectivity index (χ0) is 18.5. The zero-order valence-electron chi connectivity index (χ0n) is 14.2. The zero-order valence-corrected chi connectivity index (χ0v) is 14.2. The van der Waals surface area contributed by atoms with Gasteiger partial charge < -0.3 is 14.3 Å². The summed E-state index contributed by atoms with van der Waals surface area (Å²) in [6, 6.07) is 17.0. The van der Waals surface area contributed by atoms with Gasteiger partial charge in [-0.1, -0.05) is 18.2 Å². The minimum Gasteiger partial charge on any atom is -0.454 e. The highest BCUT2D eigenvalue weighted by Gasteiger charge is 2.15. The van der Waals surface area contributed by atoms with E-state index in [2.05, 4.69) is 11.4 Å². The Balaban J connectivity index is 1.67. The van der Waals surface area contributed by atoms with E-state index < -0.39 is 0 Å². The molecule has 2 aromatic heterocycles. The van der Waals surface area contributed by atoms with Crippen LogP contribution < -0.4 is 10.9 Å². The number of pyridine rings is 1. The fraction of sp³-hybridized carbons (Fsp3) is 0.150. The van der Waals surface area contributed by atoms with Crippen LogP contribution in [0, 0.1) is 11.3 Å². The number of carbonyl (C=O) groups is 1. The molecule has 6 nitrogen and oxygen atoms in total. The first-order chi connectivity index (χ1) is 12.6. The number of amides is 1. The highest BCUT2D eigenvalue weighted by molar-refractivity contribution is 5.91. The van der Waals surface area contributed by atoms with Gasteiger partial charge in [-0.25, -0.2) is 0 Å². The lowest BCUT2D eigenvalue weighted by atomic mass is 10.1.